The molecule has 13 heteroatoms. The fourth-order valence-electron chi connectivity index (χ4n) is 3.60. The van der Waals surface area contributed by atoms with Crippen molar-refractivity contribution in [3.05, 3.63) is 45.0 Å². The SMILES string of the molecule is CN1C(=N)N[C@@]2(c3sc(C(=O)Nc4cccc(F)n4)cc3Cl)COCCC2S1(=O)=O. The lowest BCUT2D eigenvalue weighted by Crippen LogP contribution is -2.70. The van der Waals surface area contributed by atoms with Crippen molar-refractivity contribution in [3.63, 3.8) is 0 Å². The van der Waals surface area contributed by atoms with Crippen molar-refractivity contribution >= 4 is 50.6 Å². The molecule has 9 nitrogen and oxygen atoms in total. The number of nitrogens with one attached hydrogen (secondary N) is 3. The van der Waals surface area contributed by atoms with Gasteiger partial charge in [-0.15, -0.1) is 11.3 Å². The van der Waals surface area contributed by atoms with Gasteiger partial charge in [0, 0.05) is 13.7 Å². The van der Waals surface area contributed by atoms with Gasteiger partial charge in [0.1, 0.15) is 16.6 Å². The third-order valence-electron chi connectivity index (χ3n) is 5.07. The van der Waals surface area contributed by atoms with Crippen LogP contribution in [0.3, 0.4) is 0 Å². The van der Waals surface area contributed by atoms with E-state index in [4.69, 9.17) is 21.7 Å². The highest BCUT2D eigenvalue weighted by molar-refractivity contribution is 7.90. The highest BCUT2D eigenvalue weighted by Gasteiger charge is 2.57. The molecule has 2 saturated heterocycles. The molecule has 1 unspecified atom stereocenters. The lowest BCUT2D eigenvalue weighted by molar-refractivity contribution is 0.0268. The van der Waals surface area contributed by atoms with E-state index in [0.29, 0.717) is 4.88 Å². The average Bonchev–Trinajstić information content (AvgIpc) is 3.09. The van der Waals surface area contributed by atoms with Crippen molar-refractivity contribution in [2.24, 2.45) is 0 Å². The molecule has 0 radical (unpaired) electrons. The van der Waals surface area contributed by atoms with E-state index < -0.39 is 32.7 Å². The van der Waals surface area contributed by atoms with Gasteiger partial charge < -0.3 is 15.4 Å². The first-order chi connectivity index (χ1) is 14.1. The van der Waals surface area contributed by atoms with Crippen LogP contribution < -0.4 is 10.6 Å². The van der Waals surface area contributed by atoms with Gasteiger partial charge in [0.25, 0.3) is 5.91 Å². The Morgan fingerprint density at radius 2 is 2.30 bits per heavy atom. The maximum absolute atomic E-state index is 13.3. The average molecular weight is 474 g/mol. The van der Waals surface area contributed by atoms with Crippen molar-refractivity contribution < 1.29 is 22.3 Å². The summed E-state index contributed by atoms with van der Waals surface area (Å²) in [5, 5.41) is 12.8. The zero-order chi connectivity index (χ0) is 21.7. The molecule has 2 atom stereocenters. The van der Waals surface area contributed by atoms with Gasteiger partial charge >= 0.3 is 0 Å². The van der Waals surface area contributed by atoms with Gasteiger partial charge in [-0.2, -0.15) is 4.39 Å². The van der Waals surface area contributed by atoms with Crippen molar-refractivity contribution in [1.82, 2.24) is 14.6 Å². The second kappa shape index (κ2) is 7.45. The van der Waals surface area contributed by atoms with E-state index in [1.54, 1.807) is 0 Å². The molecule has 2 aromatic rings. The molecule has 2 aliphatic heterocycles. The molecule has 2 aliphatic rings. The molecule has 3 N–H and O–H groups in total. The maximum Gasteiger partial charge on any atom is 0.266 e. The first-order valence-electron chi connectivity index (χ1n) is 8.81. The summed E-state index contributed by atoms with van der Waals surface area (Å²) in [6.07, 6.45) is 0.204. The first-order valence-corrected chi connectivity index (χ1v) is 11.5. The minimum absolute atomic E-state index is 0.0279. The number of rotatable bonds is 3. The van der Waals surface area contributed by atoms with Crippen molar-refractivity contribution in [2.75, 3.05) is 25.6 Å². The van der Waals surface area contributed by atoms with Gasteiger partial charge in [0.2, 0.25) is 21.9 Å². The van der Waals surface area contributed by atoms with Gasteiger partial charge in [-0.1, -0.05) is 17.7 Å². The molecule has 0 aromatic carbocycles. The molecule has 0 bridgehead atoms. The Balaban J connectivity index is 1.72. The van der Waals surface area contributed by atoms with Crippen LogP contribution in [-0.2, 0) is 20.3 Å². The zero-order valence-electron chi connectivity index (χ0n) is 15.6. The molecule has 2 aromatic heterocycles. The largest absolute Gasteiger partial charge is 0.379 e. The van der Waals surface area contributed by atoms with Crippen LogP contribution in [0, 0.1) is 11.4 Å². The summed E-state index contributed by atoms with van der Waals surface area (Å²) in [4.78, 5) is 16.8. The number of thiophene rings is 1. The van der Waals surface area contributed by atoms with E-state index >= 15 is 0 Å². The van der Waals surface area contributed by atoms with Crippen LogP contribution in [0.5, 0.6) is 0 Å². The Morgan fingerprint density at radius 1 is 1.53 bits per heavy atom. The topological polar surface area (TPSA) is 124 Å². The summed E-state index contributed by atoms with van der Waals surface area (Å²) in [6, 6.07) is 5.41. The Morgan fingerprint density at radius 3 is 3.03 bits per heavy atom. The number of hydrogen-bond acceptors (Lipinski definition) is 7. The van der Waals surface area contributed by atoms with Crippen LogP contribution in [0.1, 0.15) is 21.0 Å². The number of carbonyl (C=O) groups is 1. The summed E-state index contributed by atoms with van der Waals surface area (Å²) in [6.45, 7) is 0.218. The van der Waals surface area contributed by atoms with Crippen molar-refractivity contribution in [3.8, 4) is 0 Å². The van der Waals surface area contributed by atoms with E-state index in [-0.39, 0.29) is 41.3 Å². The molecular formula is C17H17ClFN5O4S2. The smallest absolute Gasteiger partial charge is 0.266 e. The summed E-state index contributed by atoms with van der Waals surface area (Å²) in [5.41, 5.74) is -1.29. The molecule has 0 aliphatic carbocycles. The van der Waals surface area contributed by atoms with Gasteiger partial charge in [-0.25, -0.2) is 17.7 Å². The lowest BCUT2D eigenvalue weighted by Gasteiger charge is -2.49. The fraction of sp³-hybridized carbons (Fsp3) is 0.353. The molecule has 0 spiro atoms. The monoisotopic (exact) mass is 473 g/mol. The number of nitrogens with zero attached hydrogens (tertiary/aromatic N) is 2. The standard InChI is InChI=1S/C17H17ClFN5O4S2/c1-24-16(20)23-17(8-28-6-5-11(17)30(24,26)27)14-9(18)7-10(29-14)15(25)22-13-4-2-3-12(19)21-13/h2-4,7,11H,5-6,8H2,1H3,(H2,20,23)(H,21,22,25)/t11?,17-/m0/s1. The molecule has 30 heavy (non-hydrogen) atoms. The van der Waals surface area contributed by atoms with Gasteiger partial charge in [0.05, 0.1) is 21.4 Å². The third kappa shape index (κ3) is 3.33. The first kappa shape index (κ1) is 21.0. The summed E-state index contributed by atoms with van der Waals surface area (Å²) in [7, 11) is -2.53. The predicted octanol–water partition coefficient (Wildman–Crippen LogP) is 1.97. The summed E-state index contributed by atoms with van der Waals surface area (Å²) < 4.78 is 45.7. The van der Waals surface area contributed by atoms with Crippen LogP contribution in [-0.4, -0.2) is 55.1 Å². The quantitative estimate of drug-likeness (QED) is 0.585. The minimum atomic E-state index is -3.84. The molecule has 2 fully saturated rings. The normalized spacial score (nSPS) is 25.4. The van der Waals surface area contributed by atoms with Crippen LogP contribution in [0.2, 0.25) is 5.02 Å². The lowest BCUT2D eigenvalue weighted by atomic mass is 9.89. The molecule has 4 heterocycles. The Labute approximate surface area is 180 Å². The molecule has 0 saturated carbocycles. The summed E-state index contributed by atoms with van der Waals surface area (Å²) in [5.74, 6) is -1.58. The van der Waals surface area contributed by atoms with Crippen LogP contribution in [0.15, 0.2) is 24.3 Å². The van der Waals surface area contributed by atoms with Crippen molar-refractivity contribution in [1.29, 1.82) is 5.41 Å². The molecular weight excluding hydrogens is 457 g/mol. The number of ether oxygens (including phenoxy) is 1. The highest BCUT2D eigenvalue weighted by Crippen LogP contribution is 2.45. The maximum atomic E-state index is 13.3. The Kier molecular flexibility index (Phi) is 5.21. The van der Waals surface area contributed by atoms with E-state index in [2.05, 4.69) is 15.6 Å². The third-order valence-corrected chi connectivity index (χ3v) is 9.10. The number of sulfonamides is 1. The van der Waals surface area contributed by atoms with E-state index in [1.807, 2.05) is 0 Å². The number of amides is 1. The Hall–Kier alpha value is -2.28. The number of carbonyl (C=O) groups excluding carboxylic acids is 1. The van der Waals surface area contributed by atoms with E-state index in [0.717, 1.165) is 21.7 Å². The number of hydrogen-bond donors (Lipinski definition) is 3. The number of halogens is 2. The van der Waals surface area contributed by atoms with Crippen LogP contribution >= 0.6 is 22.9 Å². The number of anilines is 1. The van der Waals surface area contributed by atoms with Gasteiger partial charge in [-0.05, 0) is 24.6 Å². The molecule has 4 rings (SSSR count). The number of pyridine rings is 1. The van der Waals surface area contributed by atoms with Crippen LogP contribution in [0.4, 0.5) is 10.2 Å². The summed E-state index contributed by atoms with van der Waals surface area (Å²) >= 11 is 7.41. The number of guanidine groups is 1. The van der Waals surface area contributed by atoms with E-state index in [9.17, 15) is 17.6 Å². The predicted molar refractivity (Wildman–Crippen MR) is 110 cm³/mol. The fourth-order valence-corrected chi connectivity index (χ4v) is 7.09. The number of aromatic nitrogens is 1. The molecule has 160 valence electrons. The van der Waals surface area contributed by atoms with Gasteiger partial charge in [-0.3, -0.25) is 10.2 Å². The molecule has 1 amide bonds. The van der Waals surface area contributed by atoms with Crippen LogP contribution in [0.25, 0.3) is 0 Å². The minimum Gasteiger partial charge on any atom is -0.379 e. The zero-order valence-corrected chi connectivity index (χ0v) is 18.0. The number of fused-ring (bicyclic) bond motifs is 1. The Bertz CT molecular complexity index is 1140. The van der Waals surface area contributed by atoms with E-state index in [1.165, 1.54) is 25.2 Å². The van der Waals surface area contributed by atoms with Gasteiger partial charge in [0.15, 0.2) is 0 Å². The second-order valence-electron chi connectivity index (χ2n) is 6.87. The van der Waals surface area contributed by atoms with Crippen molar-refractivity contribution in [2.45, 2.75) is 17.2 Å². The second-order valence-corrected chi connectivity index (χ2v) is 10.5. The highest BCUT2D eigenvalue weighted by atomic mass is 35.5.